The van der Waals surface area contributed by atoms with Crippen LogP contribution in [0.4, 0.5) is 0 Å². The molecule has 26 heavy (non-hydrogen) atoms. The Morgan fingerprint density at radius 1 is 1.23 bits per heavy atom. The minimum absolute atomic E-state index is 0.214. The molecule has 3 rings (SSSR count). The number of amides is 1. The standard InChI is InChI=1S/C21H34N4O/c1-2-24-13-8-18(9-14-24)15-21(26)23-17-20(19-7-6-10-22-16-19)25-11-4-3-5-12-25/h6-7,10,16,18,20H,2-5,8-9,11-15,17H2,1H3,(H,23,26)/t20-/m0/s1. The van der Waals surface area contributed by atoms with E-state index in [4.69, 9.17) is 0 Å². The summed E-state index contributed by atoms with van der Waals surface area (Å²) in [6, 6.07) is 4.38. The summed E-state index contributed by atoms with van der Waals surface area (Å²) in [4.78, 5) is 21.8. The lowest BCUT2D eigenvalue weighted by molar-refractivity contribution is -0.122. The van der Waals surface area contributed by atoms with Crippen LogP contribution < -0.4 is 5.32 Å². The first-order valence-electron chi connectivity index (χ1n) is 10.4. The van der Waals surface area contributed by atoms with Gasteiger partial charge < -0.3 is 10.2 Å². The van der Waals surface area contributed by atoms with Crippen LogP contribution in [-0.4, -0.2) is 60.0 Å². The Morgan fingerprint density at radius 3 is 2.65 bits per heavy atom. The van der Waals surface area contributed by atoms with E-state index in [1.807, 2.05) is 18.5 Å². The second-order valence-electron chi connectivity index (χ2n) is 7.78. The molecule has 0 aliphatic carbocycles. The first-order chi connectivity index (χ1) is 12.8. The van der Waals surface area contributed by atoms with Gasteiger partial charge in [0.15, 0.2) is 0 Å². The molecule has 0 bridgehead atoms. The van der Waals surface area contributed by atoms with Crippen molar-refractivity contribution in [3.8, 4) is 0 Å². The highest BCUT2D eigenvalue weighted by molar-refractivity contribution is 5.76. The lowest BCUT2D eigenvalue weighted by Gasteiger charge is -2.35. The molecule has 1 amide bonds. The fraction of sp³-hybridized carbons (Fsp3) is 0.714. The Morgan fingerprint density at radius 2 is 2.00 bits per heavy atom. The molecule has 0 radical (unpaired) electrons. The van der Waals surface area contributed by atoms with Crippen molar-refractivity contribution in [2.45, 2.75) is 51.5 Å². The molecule has 0 unspecified atom stereocenters. The van der Waals surface area contributed by atoms with Crippen molar-refractivity contribution in [1.82, 2.24) is 20.1 Å². The van der Waals surface area contributed by atoms with Crippen LogP contribution in [0.25, 0.3) is 0 Å². The van der Waals surface area contributed by atoms with Gasteiger partial charge in [-0.05, 0) is 76.0 Å². The molecule has 2 saturated heterocycles. The fourth-order valence-corrected chi connectivity index (χ4v) is 4.31. The number of hydrogen-bond donors (Lipinski definition) is 1. The highest BCUT2D eigenvalue weighted by atomic mass is 16.1. The molecule has 0 aromatic carbocycles. The zero-order valence-corrected chi connectivity index (χ0v) is 16.2. The number of nitrogens with zero attached hydrogens (tertiary/aromatic N) is 3. The Bertz CT molecular complexity index is 536. The fourth-order valence-electron chi connectivity index (χ4n) is 4.31. The monoisotopic (exact) mass is 358 g/mol. The summed E-state index contributed by atoms with van der Waals surface area (Å²) < 4.78 is 0. The van der Waals surface area contributed by atoms with E-state index < -0.39 is 0 Å². The second kappa shape index (κ2) is 10.0. The molecule has 1 aromatic rings. The first-order valence-corrected chi connectivity index (χ1v) is 10.4. The quantitative estimate of drug-likeness (QED) is 0.814. The van der Waals surface area contributed by atoms with Crippen LogP contribution in [0.1, 0.15) is 57.1 Å². The summed E-state index contributed by atoms with van der Waals surface area (Å²) in [6.45, 7) is 8.54. The Balaban J connectivity index is 1.51. The summed E-state index contributed by atoms with van der Waals surface area (Å²) in [5.41, 5.74) is 1.21. The van der Waals surface area contributed by atoms with Crippen LogP contribution >= 0.6 is 0 Å². The zero-order valence-electron chi connectivity index (χ0n) is 16.2. The van der Waals surface area contributed by atoms with E-state index in [1.54, 1.807) is 0 Å². The number of likely N-dealkylation sites (tertiary alicyclic amines) is 2. The van der Waals surface area contributed by atoms with Gasteiger partial charge in [-0.3, -0.25) is 14.7 Å². The Kier molecular flexibility index (Phi) is 7.44. The average molecular weight is 359 g/mol. The minimum Gasteiger partial charge on any atom is -0.354 e. The van der Waals surface area contributed by atoms with Crippen molar-refractivity contribution in [3.05, 3.63) is 30.1 Å². The van der Waals surface area contributed by atoms with E-state index in [1.165, 1.54) is 24.8 Å². The third-order valence-corrected chi connectivity index (χ3v) is 6.02. The molecule has 1 N–H and O–H groups in total. The number of carbonyl (C=O) groups is 1. The maximum absolute atomic E-state index is 12.5. The molecule has 5 nitrogen and oxygen atoms in total. The van der Waals surface area contributed by atoms with Gasteiger partial charge in [0.05, 0.1) is 6.04 Å². The van der Waals surface area contributed by atoms with Gasteiger partial charge in [-0.1, -0.05) is 19.4 Å². The van der Waals surface area contributed by atoms with E-state index in [9.17, 15) is 4.79 Å². The van der Waals surface area contributed by atoms with Crippen LogP contribution in [0.5, 0.6) is 0 Å². The SMILES string of the molecule is CCN1CCC(CC(=O)NC[C@@H](c2cccnc2)N2CCCCC2)CC1. The predicted molar refractivity (Wildman–Crippen MR) is 105 cm³/mol. The van der Waals surface area contributed by atoms with E-state index >= 15 is 0 Å². The third-order valence-electron chi connectivity index (χ3n) is 6.02. The van der Waals surface area contributed by atoms with Crippen molar-refractivity contribution >= 4 is 5.91 Å². The third kappa shape index (κ3) is 5.52. The number of rotatable bonds is 7. The maximum Gasteiger partial charge on any atom is 0.220 e. The zero-order chi connectivity index (χ0) is 18.2. The number of piperidine rings is 2. The maximum atomic E-state index is 12.5. The molecular formula is C21H34N4O. The molecule has 0 saturated carbocycles. The van der Waals surface area contributed by atoms with Gasteiger partial charge >= 0.3 is 0 Å². The van der Waals surface area contributed by atoms with Crippen LogP contribution in [0, 0.1) is 5.92 Å². The van der Waals surface area contributed by atoms with Gasteiger partial charge in [0.25, 0.3) is 0 Å². The molecule has 0 spiro atoms. The molecule has 2 aliphatic heterocycles. The first kappa shape index (κ1) is 19.3. The van der Waals surface area contributed by atoms with Crippen molar-refractivity contribution in [2.24, 2.45) is 5.92 Å². The molecule has 144 valence electrons. The molecule has 1 atom stereocenters. The van der Waals surface area contributed by atoms with Gasteiger partial charge in [0.2, 0.25) is 5.91 Å². The van der Waals surface area contributed by atoms with Gasteiger partial charge in [-0.15, -0.1) is 0 Å². The van der Waals surface area contributed by atoms with Crippen molar-refractivity contribution in [2.75, 3.05) is 39.3 Å². The molecule has 1 aromatic heterocycles. The number of hydrogen-bond acceptors (Lipinski definition) is 4. The van der Waals surface area contributed by atoms with Crippen LogP contribution in [0.3, 0.4) is 0 Å². The Labute approximate surface area is 158 Å². The minimum atomic E-state index is 0.214. The van der Waals surface area contributed by atoms with Crippen molar-refractivity contribution in [1.29, 1.82) is 0 Å². The number of nitrogens with one attached hydrogen (secondary N) is 1. The van der Waals surface area contributed by atoms with Crippen molar-refractivity contribution in [3.63, 3.8) is 0 Å². The second-order valence-corrected chi connectivity index (χ2v) is 7.78. The Hall–Kier alpha value is -1.46. The number of carbonyl (C=O) groups excluding carboxylic acids is 1. The van der Waals surface area contributed by atoms with Gasteiger partial charge in [-0.25, -0.2) is 0 Å². The van der Waals surface area contributed by atoms with E-state index in [0.29, 0.717) is 18.9 Å². The summed E-state index contributed by atoms with van der Waals surface area (Å²) in [7, 11) is 0. The molecule has 2 fully saturated rings. The summed E-state index contributed by atoms with van der Waals surface area (Å²) in [6.07, 6.45) is 10.6. The van der Waals surface area contributed by atoms with Gasteiger partial charge in [0, 0.05) is 25.4 Å². The van der Waals surface area contributed by atoms with Gasteiger partial charge in [-0.2, -0.15) is 0 Å². The smallest absolute Gasteiger partial charge is 0.220 e. The normalized spacial score (nSPS) is 21.4. The molecule has 5 heteroatoms. The molecule has 3 heterocycles. The number of pyridine rings is 1. The van der Waals surface area contributed by atoms with E-state index in [-0.39, 0.29) is 11.9 Å². The van der Waals surface area contributed by atoms with Crippen LogP contribution in [0.2, 0.25) is 0 Å². The highest BCUT2D eigenvalue weighted by Gasteiger charge is 2.24. The van der Waals surface area contributed by atoms with Crippen LogP contribution in [-0.2, 0) is 4.79 Å². The highest BCUT2D eigenvalue weighted by Crippen LogP contribution is 2.24. The summed E-state index contributed by atoms with van der Waals surface area (Å²) in [5, 5.41) is 3.23. The van der Waals surface area contributed by atoms with E-state index in [2.05, 4.69) is 33.1 Å². The molecular weight excluding hydrogens is 324 g/mol. The largest absolute Gasteiger partial charge is 0.354 e. The summed E-state index contributed by atoms with van der Waals surface area (Å²) >= 11 is 0. The summed E-state index contributed by atoms with van der Waals surface area (Å²) in [5.74, 6) is 0.760. The topological polar surface area (TPSA) is 48.5 Å². The molecule has 2 aliphatic rings. The average Bonchev–Trinajstić information content (AvgIpc) is 2.70. The lowest BCUT2D eigenvalue weighted by Crippen LogP contribution is -2.41. The van der Waals surface area contributed by atoms with E-state index in [0.717, 1.165) is 45.6 Å². The van der Waals surface area contributed by atoms with Crippen LogP contribution in [0.15, 0.2) is 24.5 Å². The van der Waals surface area contributed by atoms with Crippen molar-refractivity contribution < 1.29 is 4.79 Å². The predicted octanol–water partition coefficient (Wildman–Crippen LogP) is 2.85. The number of aromatic nitrogens is 1. The van der Waals surface area contributed by atoms with Gasteiger partial charge in [0.1, 0.15) is 0 Å². The lowest BCUT2D eigenvalue weighted by atomic mass is 9.93.